The average molecular weight is 481 g/mol. The molecule has 0 spiro atoms. The van der Waals surface area contributed by atoms with E-state index in [0.29, 0.717) is 5.56 Å². The lowest BCUT2D eigenvalue weighted by molar-refractivity contribution is -0.140. The second-order valence-electron chi connectivity index (χ2n) is 6.62. The number of benzene rings is 1. The molecule has 0 saturated heterocycles. The van der Waals surface area contributed by atoms with Crippen LogP contribution in [0.25, 0.3) is 5.70 Å². The van der Waals surface area contributed by atoms with Crippen LogP contribution in [-0.2, 0) is 0 Å². The summed E-state index contributed by atoms with van der Waals surface area (Å²) in [5, 5.41) is 9.06. The average Bonchev–Trinajstić information content (AvgIpc) is 2.64. The summed E-state index contributed by atoms with van der Waals surface area (Å²) < 4.78 is 43.6. The van der Waals surface area contributed by atoms with Crippen molar-refractivity contribution in [1.29, 1.82) is 0 Å². The van der Waals surface area contributed by atoms with Gasteiger partial charge in [-0.05, 0) is 23.6 Å². The molecule has 2 aromatic rings. The summed E-state index contributed by atoms with van der Waals surface area (Å²) in [4.78, 5) is 3.81. The first-order valence-electron chi connectivity index (χ1n) is 8.57. The zero-order chi connectivity index (χ0) is 22.1. The lowest BCUT2D eigenvalue weighted by Gasteiger charge is -2.26. The van der Waals surface area contributed by atoms with Crippen molar-refractivity contribution in [2.24, 2.45) is 4.99 Å². The van der Waals surface area contributed by atoms with Gasteiger partial charge in [-0.1, -0.05) is 48.7 Å². The second-order valence-corrected chi connectivity index (χ2v) is 7.79. The van der Waals surface area contributed by atoms with Gasteiger partial charge in [-0.2, -0.15) is 13.2 Å². The topological polar surface area (TPSA) is 62.6 Å². The number of aromatic nitrogens is 2. The first kappa shape index (κ1) is 22.5. The summed E-state index contributed by atoms with van der Waals surface area (Å²) in [5.41, 5.74) is 4.05. The quantitative estimate of drug-likeness (QED) is 0.563. The predicted octanol–water partition coefficient (Wildman–Crippen LogP) is 6.06. The summed E-state index contributed by atoms with van der Waals surface area (Å²) in [7, 11) is 0. The number of hydrogen-bond donors (Lipinski definition) is 1. The normalized spacial score (nSPS) is 14.0. The van der Waals surface area contributed by atoms with Gasteiger partial charge in [-0.3, -0.25) is 10.4 Å². The van der Waals surface area contributed by atoms with Crippen molar-refractivity contribution in [3.63, 3.8) is 0 Å². The van der Waals surface area contributed by atoms with E-state index >= 15 is 0 Å². The molecule has 0 amide bonds. The van der Waals surface area contributed by atoms with Gasteiger partial charge in [0.05, 0.1) is 21.9 Å². The third-order valence-corrected chi connectivity index (χ3v) is 4.77. The Morgan fingerprint density at radius 2 is 1.77 bits per heavy atom. The molecule has 0 atom stereocenters. The Kier molecular flexibility index (Phi) is 6.64. The highest BCUT2D eigenvalue weighted by atomic mass is 35.5. The number of aliphatic imine (C=N–C) groups is 1. The maximum absolute atomic E-state index is 12.6. The zero-order valence-electron chi connectivity index (χ0n) is 15.6. The summed E-state index contributed by atoms with van der Waals surface area (Å²) in [6, 6.07) is 4.61. The SMILES string of the molecule is CC(C)c1cc(Oc2c(Cl)cc(C3=CN=CN(CC(F)(F)F)N3)cc2Cl)nnc1Cl. The molecular formula is C18H15Cl3F3N5O. The van der Waals surface area contributed by atoms with Gasteiger partial charge in [0.2, 0.25) is 5.88 Å². The molecule has 1 N–H and O–H groups in total. The highest BCUT2D eigenvalue weighted by Crippen LogP contribution is 2.39. The Hall–Kier alpha value is -2.23. The third kappa shape index (κ3) is 5.47. The van der Waals surface area contributed by atoms with Gasteiger partial charge in [0.25, 0.3) is 0 Å². The lowest BCUT2D eigenvalue weighted by atomic mass is 10.1. The minimum absolute atomic E-state index is 0.0909. The lowest BCUT2D eigenvalue weighted by Crippen LogP contribution is -2.43. The summed E-state index contributed by atoms with van der Waals surface area (Å²) in [5.74, 6) is 0.365. The zero-order valence-corrected chi connectivity index (χ0v) is 17.9. The Bertz CT molecular complexity index is 988. The second kappa shape index (κ2) is 8.87. The number of rotatable bonds is 5. The van der Waals surface area contributed by atoms with E-state index in [1.54, 1.807) is 6.07 Å². The minimum atomic E-state index is -4.40. The molecule has 0 saturated carbocycles. The van der Waals surface area contributed by atoms with Gasteiger partial charge in [0.1, 0.15) is 12.9 Å². The first-order valence-corrected chi connectivity index (χ1v) is 9.71. The maximum Gasteiger partial charge on any atom is 0.407 e. The van der Waals surface area contributed by atoms with Crippen molar-refractivity contribution in [3.05, 3.63) is 50.7 Å². The molecule has 0 radical (unpaired) electrons. The standard InChI is InChI=1S/C18H15Cl3F3N5O/c1-9(2)11-5-15(26-27-17(11)21)30-16-12(19)3-10(4-13(16)20)14-6-25-8-29(28-14)7-18(22,23)24/h3-6,8-9,28H,7H2,1-2H3. The predicted molar refractivity (Wildman–Crippen MR) is 110 cm³/mol. The van der Waals surface area contributed by atoms with Gasteiger partial charge < -0.3 is 4.74 Å². The summed E-state index contributed by atoms with van der Waals surface area (Å²) in [6.07, 6.45) is -2.01. The number of ether oxygens (including phenoxy) is 1. The van der Waals surface area contributed by atoms with Crippen LogP contribution in [0.1, 0.15) is 30.9 Å². The fourth-order valence-electron chi connectivity index (χ4n) is 2.56. The van der Waals surface area contributed by atoms with E-state index in [4.69, 9.17) is 39.5 Å². The van der Waals surface area contributed by atoms with Crippen LogP contribution >= 0.6 is 34.8 Å². The number of nitrogens with zero attached hydrogens (tertiary/aromatic N) is 4. The largest absolute Gasteiger partial charge is 0.434 e. The van der Waals surface area contributed by atoms with Crippen LogP contribution in [0, 0.1) is 0 Å². The number of alkyl halides is 3. The molecule has 12 heteroatoms. The van der Waals surface area contributed by atoms with Crippen molar-refractivity contribution in [3.8, 4) is 11.6 Å². The molecule has 1 aromatic carbocycles. The van der Waals surface area contributed by atoms with Crippen molar-refractivity contribution in [2.75, 3.05) is 6.54 Å². The van der Waals surface area contributed by atoms with Gasteiger partial charge >= 0.3 is 6.18 Å². The van der Waals surface area contributed by atoms with E-state index in [0.717, 1.165) is 16.9 Å². The molecule has 0 fully saturated rings. The summed E-state index contributed by atoms with van der Waals surface area (Å²) >= 11 is 18.7. The molecule has 0 aliphatic carbocycles. The van der Waals surface area contributed by atoms with E-state index in [2.05, 4.69) is 20.6 Å². The van der Waals surface area contributed by atoms with Crippen LogP contribution in [0.4, 0.5) is 13.2 Å². The van der Waals surface area contributed by atoms with Gasteiger partial charge in [-0.15, -0.1) is 10.2 Å². The molecule has 6 nitrogen and oxygen atoms in total. The molecule has 1 aliphatic rings. The van der Waals surface area contributed by atoms with Crippen LogP contribution in [-0.4, -0.2) is 34.3 Å². The highest BCUT2D eigenvalue weighted by Gasteiger charge is 2.31. The molecule has 0 bridgehead atoms. The fourth-order valence-corrected chi connectivity index (χ4v) is 3.43. The minimum Gasteiger partial charge on any atom is -0.434 e. The van der Waals surface area contributed by atoms with Gasteiger partial charge in [0.15, 0.2) is 10.9 Å². The fraction of sp³-hybridized carbons (Fsp3) is 0.278. The Balaban J connectivity index is 1.84. The highest BCUT2D eigenvalue weighted by molar-refractivity contribution is 6.37. The molecule has 1 aliphatic heterocycles. The van der Waals surface area contributed by atoms with Gasteiger partial charge in [0, 0.05) is 11.6 Å². The molecule has 30 heavy (non-hydrogen) atoms. The number of hydrogen-bond acceptors (Lipinski definition) is 6. The molecule has 0 unspecified atom stereocenters. The van der Waals surface area contributed by atoms with Gasteiger partial charge in [-0.25, -0.2) is 4.99 Å². The monoisotopic (exact) mass is 479 g/mol. The van der Waals surface area contributed by atoms with Crippen LogP contribution in [0.5, 0.6) is 11.6 Å². The van der Waals surface area contributed by atoms with E-state index < -0.39 is 12.7 Å². The van der Waals surface area contributed by atoms with Crippen molar-refractivity contribution in [2.45, 2.75) is 25.9 Å². The molecule has 2 heterocycles. The van der Waals surface area contributed by atoms with Crippen LogP contribution in [0.3, 0.4) is 0 Å². The first-order chi connectivity index (χ1) is 14.0. The molecule has 1 aromatic heterocycles. The Morgan fingerprint density at radius 3 is 2.37 bits per heavy atom. The Morgan fingerprint density at radius 1 is 1.10 bits per heavy atom. The van der Waals surface area contributed by atoms with E-state index in [1.807, 2.05) is 13.8 Å². The van der Waals surface area contributed by atoms with Crippen molar-refractivity contribution < 1.29 is 17.9 Å². The molecule has 3 rings (SSSR count). The number of hydrazine groups is 1. The van der Waals surface area contributed by atoms with Crippen molar-refractivity contribution >= 4 is 46.8 Å². The summed E-state index contributed by atoms with van der Waals surface area (Å²) in [6.45, 7) is 2.66. The van der Waals surface area contributed by atoms with Crippen LogP contribution in [0.15, 0.2) is 29.4 Å². The van der Waals surface area contributed by atoms with E-state index in [-0.39, 0.29) is 38.4 Å². The number of halogens is 6. The van der Waals surface area contributed by atoms with Crippen molar-refractivity contribution in [1.82, 2.24) is 20.6 Å². The molecule has 160 valence electrons. The third-order valence-electron chi connectivity index (χ3n) is 3.91. The number of nitrogens with one attached hydrogen (secondary N) is 1. The van der Waals surface area contributed by atoms with Crippen LogP contribution < -0.4 is 10.2 Å². The molecular weight excluding hydrogens is 466 g/mol. The van der Waals surface area contributed by atoms with E-state index in [9.17, 15) is 13.2 Å². The smallest absolute Gasteiger partial charge is 0.407 e. The Labute approximate surface area is 185 Å². The van der Waals surface area contributed by atoms with Crippen LogP contribution in [0.2, 0.25) is 15.2 Å². The van der Waals surface area contributed by atoms with E-state index in [1.165, 1.54) is 18.3 Å². The maximum atomic E-state index is 12.6.